The van der Waals surface area contributed by atoms with Crippen LogP contribution in [-0.4, -0.2) is 452 Å². The average molecular weight is 1690 g/mol. The zero-order chi connectivity index (χ0) is 81.1. The second-order valence-corrected chi connectivity index (χ2v) is 31.2. The zero-order valence-corrected chi connectivity index (χ0v) is 63.5. The third-order valence-corrected chi connectivity index (χ3v) is 22.8. The summed E-state index contributed by atoms with van der Waals surface area (Å²) in [5.41, 5.74) is 0. The SMILES string of the molecule is COCC1O[C@@H]2OCC3O[C@H](O[C@@H]4C(O)[C@@H](OCC5O[C@H](OC)C(O)[C@@H](OC(=O)CCSCSCCC(=O)O[C@H](C2O)[C@@H]1O)[C@@H]5O)OC(CO[C@H]1OC(CO[C@H]2OC(CO[C@H]5OC(COC)[C@@H](O)[C@H](OC(=O)CCSCC(=O)OC)C5O)[C@@H](O)[C@H](O)C2O)[C@@H](O)[C@H](OC(=O)CCSCC(=O)O)C1O)[C@H]4O)C(O)[C@@H](O)[C@@H]3O. The molecule has 111 heavy (non-hydrogen) atoms. The Morgan fingerprint density at radius 1 is 0.405 bits per heavy atom. The van der Waals surface area contributed by atoms with Gasteiger partial charge >= 0.3 is 35.8 Å². The largest absolute Gasteiger partial charge is 0.481 e. The van der Waals surface area contributed by atoms with E-state index < -0.39 is 296 Å². The van der Waals surface area contributed by atoms with Crippen molar-refractivity contribution in [1.82, 2.24) is 0 Å². The number of carboxylic acids is 1. The van der Waals surface area contributed by atoms with Crippen molar-refractivity contribution in [3.63, 3.8) is 0 Å². The number of carbonyl (C=O) groups excluding carboxylic acids is 5. The van der Waals surface area contributed by atoms with Crippen LogP contribution in [-0.2, 0) is 128 Å². The standard InChI is InChI=1S/C63H100O44S4/c1-87-13-23-38(73)53(104-32(67)6-10-109-21-35(70)89-3)48(83)59(97-23)92-15-25-36(71)43(78)45(80)58(99-25)91-18-28-41(76)55(105-31(66)5-9-108-20-30(64)65)50(85)61(100-28)95-19-29-42(77)56-51(86)62(101-29)94-17-27-40(75)52(47(82)57(90-4)96-27)103-33(68)7-11-110-22-111-12-8-34(69)106-54-39(74)24(14-88-2)98-60(49(54)84)93-16-26-37(72)44(79)46(81)63(102-26)107-56/h23-29,36-63,71-86H,5-22H2,1-4H3,(H,64,65)/t23?,24?,25?,26?,27?,28?,29?,36-,37-,38-,39-,40-,41-,42-,43+,44+,45?,46?,47?,48?,49?,50?,51?,52+,53+,54+,55+,56+,57+,58+,59+,60+,61+,62+,63-/m1/s1. The highest BCUT2D eigenvalue weighted by Crippen LogP contribution is 2.36. The molecular weight excluding hydrogens is 1590 g/mol. The first kappa shape index (κ1) is 93.4. The quantitative estimate of drug-likeness (QED) is 0.0217. The lowest BCUT2D eigenvalue weighted by atomic mass is 9.96. The normalized spacial score (nSPS) is 42.7. The van der Waals surface area contributed by atoms with E-state index in [0.717, 1.165) is 30.6 Å². The number of aliphatic hydroxyl groups is 16. The minimum absolute atomic E-state index is 0.0771. The topological polar surface area (TPSA) is 640 Å². The van der Waals surface area contributed by atoms with E-state index in [1.807, 2.05) is 0 Å². The van der Waals surface area contributed by atoms with Crippen LogP contribution in [0.5, 0.6) is 0 Å². The van der Waals surface area contributed by atoms with Gasteiger partial charge in [-0.05, 0) is 0 Å². The zero-order valence-electron chi connectivity index (χ0n) is 60.2. The number of hydrogen-bond donors (Lipinski definition) is 17. The molecule has 44 nitrogen and oxygen atoms in total. The Bertz CT molecular complexity index is 2870. The smallest absolute Gasteiger partial charge is 0.315 e. The van der Waals surface area contributed by atoms with Gasteiger partial charge in [0.15, 0.2) is 68.4 Å². The van der Waals surface area contributed by atoms with Crippen LogP contribution < -0.4 is 0 Å². The molecule has 48 heteroatoms. The van der Waals surface area contributed by atoms with Gasteiger partial charge in [0, 0.05) is 49.4 Å². The van der Waals surface area contributed by atoms with Crippen molar-refractivity contribution in [3.05, 3.63) is 0 Å². The fraction of sp³-hybridized carbons (Fsp3) is 0.905. The van der Waals surface area contributed by atoms with E-state index in [1.54, 1.807) is 0 Å². The van der Waals surface area contributed by atoms with Gasteiger partial charge in [0.2, 0.25) is 0 Å². The van der Waals surface area contributed by atoms with Gasteiger partial charge in [0.25, 0.3) is 0 Å². The predicted molar refractivity (Wildman–Crippen MR) is 364 cm³/mol. The van der Waals surface area contributed by atoms with Gasteiger partial charge < -0.3 is 186 Å². The van der Waals surface area contributed by atoms with Gasteiger partial charge in [0.1, 0.15) is 146 Å². The first-order valence-corrected chi connectivity index (χ1v) is 39.6. The average Bonchev–Trinajstić information content (AvgIpc) is 0.793. The lowest BCUT2D eigenvalue weighted by Crippen LogP contribution is -2.66. The van der Waals surface area contributed by atoms with Crippen molar-refractivity contribution in [2.75, 3.05) is 114 Å². The summed E-state index contributed by atoms with van der Waals surface area (Å²) in [7, 11) is 4.80. The van der Waals surface area contributed by atoms with E-state index in [0.29, 0.717) is 5.08 Å². The highest BCUT2D eigenvalue weighted by molar-refractivity contribution is 8.16. The van der Waals surface area contributed by atoms with Crippen LogP contribution in [0, 0.1) is 0 Å². The molecule has 0 saturated carbocycles. The number of hydrogen-bond acceptors (Lipinski definition) is 47. The van der Waals surface area contributed by atoms with Crippen LogP contribution in [0.15, 0.2) is 0 Å². The Labute approximate surface area is 650 Å². The fourth-order valence-electron chi connectivity index (χ4n) is 12.5. The Hall–Kier alpha value is -3.06. The van der Waals surface area contributed by atoms with Gasteiger partial charge in [0.05, 0.1) is 90.5 Å². The molecule has 0 aromatic heterocycles. The third-order valence-electron chi connectivity index (χ3n) is 18.6. The van der Waals surface area contributed by atoms with Crippen molar-refractivity contribution in [2.45, 2.75) is 241 Å². The number of fused-ring (bicyclic) bond motifs is 8. The molecule has 8 bridgehead atoms. The molecule has 8 saturated heterocycles. The van der Waals surface area contributed by atoms with E-state index in [4.69, 9.17) is 99.8 Å². The van der Waals surface area contributed by atoms with Crippen LogP contribution in [0.2, 0.25) is 0 Å². The van der Waals surface area contributed by atoms with Crippen molar-refractivity contribution in [2.24, 2.45) is 0 Å². The van der Waals surface area contributed by atoms with Crippen LogP contribution in [0.1, 0.15) is 25.7 Å². The number of aliphatic hydroxyl groups excluding tert-OH is 16. The van der Waals surface area contributed by atoms with Crippen LogP contribution in [0.25, 0.3) is 0 Å². The summed E-state index contributed by atoms with van der Waals surface area (Å²) in [5.74, 6) is -5.85. The maximum absolute atomic E-state index is 13.4. The second kappa shape index (κ2) is 45.2. The molecule has 0 aromatic carbocycles. The van der Waals surface area contributed by atoms with Crippen LogP contribution in [0.4, 0.5) is 0 Å². The summed E-state index contributed by atoms with van der Waals surface area (Å²) in [6.45, 7) is -5.23. The minimum Gasteiger partial charge on any atom is -0.481 e. The number of thioether (sulfide) groups is 4. The predicted octanol–water partition coefficient (Wildman–Crippen LogP) is -10.4. The molecule has 0 aromatic rings. The summed E-state index contributed by atoms with van der Waals surface area (Å²) in [6.07, 6.45) is -68.6. The molecule has 35 atom stereocenters. The maximum Gasteiger partial charge on any atom is 0.315 e. The molecule has 8 aliphatic heterocycles. The van der Waals surface area contributed by atoms with Gasteiger partial charge in [-0.15, -0.1) is 23.5 Å². The van der Waals surface area contributed by atoms with Crippen molar-refractivity contribution in [1.29, 1.82) is 0 Å². The van der Waals surface area contributed by atoms with E-state index >= 15 is 0 Å². The number of carbonyl (C=O) groups is 6. The maximum atomic E-state index is 13.4. The monoisotopic (exact) mass is 1690 g/mol. The van der Waals surface area contributed by atoms with Gasteiger partial charge in [-0.1, -0.05) is 0 Å². The van der Waals surface area contributed by atoms with E-state index in [1.165, 1.54) is 44.9 Å². The first-order chi connectivity index (χ1) is 52.9. The number of esters is 5. The van der Waals surface area contributed by atoms with Gasteiger partial charge in [-0.25, -0.2) is 0 Å². The Balaban J connectivity index is 1.02. The summed E-state index contributed by atoms with van der Waals surface area (Å²) in [6, 6.07) is 0. The number of ether oxygens (including phenoxy) is 21. The Morgan fingerprint density at radius 3 is 1.33 bits per heavy atom. The molecule has 8 fully saturated rings. The molecule has 8 rings (SSSR count). The number of rotatable bonds is 26. The first-order valence-electron chi connectivity index (χ1n) is 35.0. The minimum atomic E-state index is -2.27. The number of aliphatic carboxylic acids is 1. The molecule has 17 N–H and O–H groups in total. The van der Waals surface area contributed by atoms with Crippen LogP contribution >= 0.6 is 47.0 Å². The number of methoxy groups -OCH3 is 4. The molecule has 0 amide bonds. The number of carboxylic acid groups (broad SMARTS) is 1. The van der Waals surface area contributed by atoms with Gasteiger partial charge in [-0.3, -0.25) is 28.8 Å². The summed E-state index contributed by atoms with van der Waals surface area (Å²) >= 11 is 4.37. The lowest BCUT2D eigenvalue weighted by Gasteiger charge is -2.47. The van der Waals surface area contributed by atoms with Crippen molar-refractivity contribution >= 4 is 82.9 Å². The molecular formula is C63H100O44S4. The Morgan fingerprint density at radius 2 is 0.838 bits per heavy atom. The summed E-state index contributed by atoms with van der Waals surface area (Å²) < 4.78 is 119. The molecule has 0 spiro atoms. The molecule has 0 radical (unpaired) electrons. The molecule has 14 unspecified atom stereocenters. The van der Waals surface area contributed by atoms with Gasteiger partial charge in [-0.2, -0.15) is 23.5 Å². The van der Waals surface area contributed by atoms with Crippen molar-refractivity contribution in [3.8, 4) is 0 Å². The molecule has 8 aliphatic rings. The summed E-state index contributed by atoms with van der Waals surface area (Å²) in [4.78, 5) is 75.5. The molecule has 0 aliphatic carbocycles. The third kappa shape index (κ3) is 25.3. The fourth-order valence-corrected chi connectivity index (χ4v) is 15.9. The highest BCUT2D eigenvalue weighted by atomic mass is 32.2. The summed E-state index contributed by atoms with van der Waals surface area (Å²) in [5, 5.41) is 193. The highest BCUT2D eigenvalue weighted by Gasteiger charge is 2.57. The van der Waals surface area contributed by atoms with Crippen LogP contribution in [0.3, 0.4) is 0 Å². The second-order valence-electron chi connectivity index (χ2n) is 26.4. The van der Waals surface area contributed by atoms with E-state index in [9.17, 15) is 110 Å². The molecule has 640 valence electrons. The van der Waals surface area contributed by atoms with E-state index in [-0.39, 0.29) is 61.2 Å². The van der Waals surface area contributed by atoms with E-state index in [2.05, 4.69) is 4.74 Å². The Kier molecular flexibility index (Phi) is 38.1. The lowest BCUT2D eigenvalue weighted by molar-refractivity contribution is -0.375. The molecule has 8 heterocycles. The van der Waals surface area contributed by atoms with Crippen molar-refractivity contribution < 1.29 is 215 Å².